The van der Waals surface area contributed by atoms with Gasteiger partial charge in [0.05, 0.1) is 23.9 Å². The molecule has 1 N–H and O–H groups in total. The van der Waals surface area contributed by atoms with Gasteiger partial charge in [-0.25, -0.2) is 9.97 Å². The summed E-state index contributed by atoms with van der Waals surface area (Å²) in [5, 5.41) is 3.46. The lowest BCUT2D eigenvalue weighted by Crippen LogP contribution is -2.50. The van der Waals surface area contributed by atoms with Crippen molar-refractivity contribution >= 4 is 23.0 Å². The number of hydrogen-bond donors (Lipinski definition) is 1. The molecule has 3 aromatic heterocycles. The zero-order valence-electron chi connectivity index (χ0n) is 23.6. The number of halogens is 6. The number of benzene rings is 2. The number of nitrogens with one attached hydrogen (secondary N) is 1. The van der Waals surface area contributed by atoms with Crippen molar-refractivity contribution in [3.8, 4) is 0 Å². The Kier molecular flexibility index (Phi) is 8.02. The third kappa shape index (κ3) is 6.66. The molecule has 0 aliphatic carbocycles. The van der Waals surface area contributed by atoms with Crippen LogP contribution in [-0.4, -0.2) is 44.0 Å². The Bertz CT molecular complexity index is 1750. The average molecular weight is 628 g/mol. The van der Waals surface area contributed by atoms with Crippen LogP contribution in [-0.2, 0) is 25.3 Å². The lowest BCUT2D eigenvalue weighted by molar-refractivity contribution is -0.143. The minimum atomic E-state index is -5.06. The molecule has 4 heterocycles. The van der Waals surface area contributed by atoms with E-state index in [-0.39, 0.29) is 18.7 Å². The van der Waals surface area contributed by atoms with E-state index in [0.29, 0.717) is 60.8 Å². The maximum Gasteiger partial charge on any atom is 0.416 e. The van der Waals surface area contributed by atoms with Gasteiger partial charge in [0.2, 0.25) is 5.95 Å². The molecule has 5 aromatic rings. The summed E-state index contributed by atoms with van der Waals surface area (Å²) in [4.78, 5) is 24.3. The van der Waals surface area contributed by atoms with E-state index in [0.717, 1.165) is 5.56 Å². The van der Waals surface area contributed by atoms with Crippen molar-refractivity contribution < 1.29 is 35.6 Å². The quantitative estimate of drug-likeness (QED) is 0.190. The number of aromatic nitrogens is 3. The van der Waals surface area contributed by atoms with Crippen LogP contribution in [0.4, 0.5) is 32.3 Å². The topological polar surface area (TPSA) is 76.2 Å². The number of anilines is 1. The first-order chi connectivity index (χ1) is 21.5. The number of carbonyl (C=O) groups excluding carboxylic acids is 1. The fourth-order valence-corrected chi connectivity index (χ4v) is 5.73. The van der Waals surface area contributed by atoms with Crippen LogP contribution in [0.2, 0.25) is 0 Å². The highest BCUT2D eigenvalue weighted by atomic mass is 19.4. The molecule has 0 bridgehead atoms. The van der Waals surface area contributed by atoms with Crippen molar-refractivity contribution in [1.82, 2.24) is 19.4 Å². The fourth-order valence-electron chi connectivity index (χ4n) is 5.73. The van der Waals surface area contributed by atoms with Crippen LogP contribution in [0.1, 0.15) is 45.7 Å². The van der Waals surface area contributed by atoms with Gasteiger partial charge in [0, 0.05) is 30.4 Å². The van der Waals surface area contributed by atoms with E-state index in [1.807, 2.05) is 47.0 Å². The second kappa shape index (κ2) is 11.9. The van der Waals surface area contributed by atoms with E-state index >= 15 is 0 Å². The molecule has 6 rings (SSSR count). The molecule has 234 valence electrons. The van der Waals surface area contributed by atoms with Gasteiger partial charge in [-0.05, 0) is 67.3 Å². The molecule has 1 amide bonds. The second-order valence-electron chi connectivity index (χ2n) is 10.9. The molecule has 1 fully saturated rings. The number of pyridine rings is 1. The monoisotopic (exact) mass is 627 g/mol. The van der Waals surface area contributed by atoms with Crippen molar-refractivity contribution in [3.63, 3.8) is 0 Å². The number of fused-ring (bicyclic) bond motifs is 1. The first kappa shape index (κ1) is 30.2. The van der Waals surface area contributed by atoms with Crippen molar-refractivity contribution in [1.29, 1.82) is 0 Å². The number of furan rings is 1. The number of hydrogen-bond acceptors (Lipinski definition) is 5. The zero-order valence-corrected chi connectivity index (χ0v) is 23.6. The zero-order chi connectivity index (χ0) is 31.8. The van der Waals surface area contributed by atoms with Gasteiger partial charge in [-0.1, -0.05) is 30.3 Å². The summed E-state index contributed by atoms with van der Waals surface area (Å²) in [6.45, 7) is 0.451. The van der Waals surface area contributed by atoms with Crippen molar-refractivity contribution in [3.05, 3.63) is 113 Å². The van der Waals surface area contributed by atoms with Gasteiger partial charge in [0.25, 0.3) is 5.91 Å². The van der Waals surface area contributed by atoms with Crippen LogP contribution in [0.3, 0.4) is 0 Å². The Labute approximate surface area is 253 Å². The van der Waals surface area contributed by atoms with Gasteiger partial charge >= 0.3 is 12.4 Å². The Hall–Kier alpha value is -4.81. The summed E-state index contributed by atoms with van der Waals surface area (Å²) >= 11 is 0. The largest absolute Gasteiger partial charge is 0.467 e. The summed E-state index contributed by atoms with van der Waals surface area (Å²) in [6.07, 6.45) is -5.82. The molecular formula is C32H27F6N5O2. The number of imidazole rings is 1. The maximum atomic E-state index is 13.7. The third-order valence-corrected chi connectivity index (χ3v) is 7.86. The minimum absolute atomic E-state index is 0.0258. The van der Waals surface area contributed by atoms with E-state index in [9.17, 15) is 31.1 Å². The number of rotatable bonds is 7. The molecule has 1 aliphatic heterocycles. The number of nitrogens with zero attached hydrogens (tertiary/aromatic N) is 4. The normalized spacial score (nSPS) is 17.5. The molecule has 0 radical (unpaired) electrons. The number of likely N-dealkylation sites (tertiary alicyclic amines) is 1. The van der Waals surface area contributed by atoms with Gasteiger partial charge in [0.1, 0.15) is 11.3 Å². The number of alkyl halides is 6. The molecule has 2 aromatic carbocycles. The van der Waals surface area contributed by atoms with Gasteiger partial charge in [0.15, 0.2) is 5.65 Å². The Morgan fingerprint density at radius 2 is 1.67 bits per heavy atom. The van der Waals surface area contributed by atoms with Gasteiger partial charge in [-0.2, -0.15) is 26.3 Å². The predicted octanol–water partition coefficient (Wildman–Crippen LogP) is 7.44. The van der Waals surface area contributed by atoms with Crippen LogP contribution >= 0.6 is 0 Å². The third-order valence-electron chi connectivity index (χ3n) is 7.86. The highest BCUT2D eigenvalue weighted by Crippen LogP contribution is 2.37. The van der Waals surface area contributed by atoms with Crippen LogP contribution in [0.5, 0.6) is 0 Å². The molecule has 2 unspecified atom stereocenters. The fraction of sp³-hybridized carbons (Fsp3) is 0.281. The molecule has 0 spiro atoms. The van der Waals surface area contributed by atoms with Gasteiger partial charge < -0.3 is 14.6 Å². The van der Waals surface area contributed by atoms with Crippen molar-refractivity contribution in [2.75, 3.05) is 11.9 Å². The maximum absolute atomic E-state index is 13.7. The molecule has 0 saturated carbocycles. The Morgan fingerprint density at radius 1 is 0.933 bits per heavy atom. The lowest BCUT2D eigenvalue weighted by atomic mass is 9.91. The molecule has 1 aliphatic rings. The van der Waals surface area contributed by atoms with E-state index < -0.39 is 41.0 Å². The number of amides is 1. The van der Waals surface area contributed by atoms with E-state index in [1.165, 1.54) is 4.90 Å². The Balaban J connectivity index is 1.31. The van der Waals surface area contributed by atoms with E-state index in [4.69, 9.17) is 9.40 Å². The standard InChI is InChI=1S/C32H27F6N5O2/c33-31(34,35)22-15-21(16-23(17-22)32(36,37)38)29(44)42-12-10-24(18-25(42)14-20-6-2-1-3-7-20)40-30-41-27-9-4-11-39-28(27)43(30)19-26-8-5-13-45-26/h1-9,11,13,15-17,24-25H,10,12,14,18-19H2,(H,40,41). The van der Waals surface area contributed by atoms with Gasteiger partial charge in [-0.3, -0.25) is 9.36 Å². The molecule has 1 saturated heterocycles. The second-order valence-corrected chi connectivity index (χ2v) is 10.9. The average Bonchev–Trinajstić information content (AvgIpc) is 3.65. The Morgan fingerprint density at radius 3 is 2.33 bits per heavy atom. The first-order valence-corrected chi connectivity index (χ1v) is 14.2. The minimum Gasteiger partial charge on any atom is -0.467 e. The van der Waals surface area contributed by atoms with Crippen molar-refractivity contribution in [2.45, 2.75) is 50.2 Å². The molecule has 45 heavy (non-hydrogen) atoms. The van der Waals surface area contributed by atoms with Crippen LogP contribution < -0.4 is 5.32 Å². The summed E-state index contributed by atoms with van der Waals surface area (Å²) in [5.41, 5.74) is -1.55. The van der Waals surface area contributed by atoms with Crippen molar-refractivity contribution in [2.24, 2.45) is 0 Å². The summed E-state index contributed by atoms with van der Waals surface area (Å²) in [5.74, 6) is 0.320. The van der Waals surface area contributed by atoms with E-state index in [2.05, 4.69) is 10.3 Å². The number of carbonyl (C=O) groups is 1. The lowest BCUT2D eigenvalue weighted by Gasteiger charge is -2.40. The summed E-state index contributed by atoms with van der Waals surface area (Å²) in [7, 11) is 0. The molecule has 2 atom stereocenters. The number of piperidine rings is 1. The van der Waals surface area contributed by atoms with Crippen LogP contribution in [0.25, 0.3) is 11.2 Å². The van der Waals surface area contributed by atoms with Crippen LogP contribution in [0, 0.1) is 0 Å². The molecular weight excluding hydrogens is 600 g/mol. The summed E-state index contributed by atoms with van der Waals surface area (Å²) in [6, 6.07) is 16.7. The molecule has 7 nitrogen and oxygen atoms in total. The highest BCUT2D eigenvalue weighted by Gasteiger charge is 2.39. The predicted molar refractivity (Wildman–Crippen MR) is 153 cm³/mol. The van der Waals surface area contributed by atoms with Gasteiger partial charge in [-0.15, -0.1) is 0 Å². The molecule has 13 heteroatoms. The van der Waals surface area contributed by atoms with Crippen LogP contribution in [0.15, 0.2) is 89.7 Å². The summed E-state index contributed by atoms with van der Waals surface area (Å²) < 4.78 is 88.9. The smallest absolute Gasteiger partial charge is 0.416 e. The van der Waals surface area contributed by atoms with E-state index in [1.54, 1.807) is 24.6 Å². The highest BCUT2D eigenvalue weighted by molar-refractivity contribution is 5.95. The SMILES string of the molecule is O=C(c1cc(C(F)(F)F)cc(C(F)(F)F)c1)N1CCC(Nc2nc3cccnc3n2Cc2ccco2)CC1Cc1ccccc1. The first-order valence-electron chi connectivity index (χ1n) is 14.2.